The second-order valence-corrected chi connectivity index (χ2v) is 4.93. The Balaban J connectivity index is 2.09. The summed E-state index contributed by atoms with van der Waals surface area (Å²) in [5, 5.41) is 3.69. The van der Waals surface area contributed by atoms with Crippen LogP contribution in [0.25, 0.3) is 0 Å². The fraction of sp³-hybridized carbons (Fsp3) is 1.00. The van der Waals surface area contributed by atoms with Gasteiger partial charge in [-0.2, -0.15) is 0 Å². The van der Waals surface area contributed by atoms with E-state index in [2.05, 4.69) is 26.1 Å². The van der Waals surface area contributed by atoms with Crippen LogP contribution in [0.2, 0.25) is 0 Å². The molecule has 1 unspecified atom stereocenters. The van der Waals surface area contributed by atoms with Crippen LogP contribution >= 0.6 is 0 Å². The molecule has 0 spiro atoms. The molecule has 0 aliphatic carbocycles. The molecule has 1 N–H and O–H groups in total. The molecule has 0 amide bonds. The lowest BCUT2D eigenvalue weighted by Gasteiger charge is -2.27. The summed E-state index contributed by atoms with van der Waals surface area (Å²) in [5.74, 6) is 0.828. The first-order valence-electron chi connectivity index (χ1n) is 6.02. The molecule has 1 aliphatic rings. The first-order chi connectivity index (χ1) is 6.68. The molecule has 0 radical (unpaired) electrons. The van der Waals surface area contributed by atoms with Gasteiger partial charge in [-0.25, -0.2) is 0 Å². The van der Waals surface area contributed by atoms with Crippen molar-refractivity contribution < 1.29 is 4.74 Å². The van der Waals surface area contributed by atoms with Gasteiger partial charge in [0.15, 0.2) is 0 Å². The van der Waals surface area contributed by atoms with Crippen molar-refractivity contribution in [3.05, 3.63) is 0 Å². The van der Waals surface area contributed by atoms with E-state index in [1.54, 1.807) is 0 Å². The van der Waals surface area contributed by atoms with Crippen LogP contribution in [0.4, 0.5) is 0 Å². The summed E-state index contributed by atoms with van der Waals surface area (Å²) < 4.78 is 5.34. The second kappa shape index (κ2) is 6.41. The fourth-order valence-electron chi connectivity index (χ4n) is 1.93. The van der Waals surface area contributed by atoms with E-state index < -0.39 is 0 Å². The molecule has 1 aliphatic heterocycles. The van der Waals surface area contributed by atoms with Crippen molar-refractivity contribution in [2.75, 3.05) is 13.2 Å². The fourth-order valence-corrected chi connectivity index (χ4v) is 1.93. The van der Waals surface area contributed by atoms with Crippen molar-refractivity contribution in [1.29, 1.82) is 0 Å². The summed E-state index contributed by atoms with van der Waals surface area (Å²) in [7, 11) is 0. The lowest BCUT2D eigenvalue weighted by molar-refractivity contribution is 0.0750. The van der Waals surface area contributed by atoms with Crippen LogP contribution in [0.15, 0.2) is 0 Å². The number of ether oxygens (including phenoxy) is 1. The molecule has 2 nitrogen and oxygen atoms in total. The maximum absolute atomic E-state index is 5.34. The molecule has 0 aromatic carbocycles. The third-order valence-corrected chi connectivity index (χ3v) is 2.92. The van der Waals surface area contributed by atoms with Crippen LogP contribution in [-0.2, 0) is 4.74 Å². The normalized spacial score (nSPS) is 21.4. The van der Waals surface area contributed by atoms with E-state index in [-0.39, 0.29) is 0 Å². The highest BCUT2D eigenvalue weighted by Crippen LogP contribution is 2.11. The molecule has 1 saturated heterocycles. The minimum absolute atomic E-state index is 0.667. The van der Waals surface area contributed by atoms with Crippen molar-refractivity contribution in [3.8, 4) is 0 Å². The van der Waals surface area contributed by atoms with E-state index in [0.29, 0.717) is 12.1 Å². The summed E-state index contributed by atoms with van der Waals surface area (Å²) in [5.41, 5.74) is 0. The zero-order valence-electron chi connectivity index (χ0n) is 9.88. The maximum Gasteiger partial charge on any atom is 0.0480 e. The summed E-state index contributed by atoms with van der Waals surface area (Å²) in [4.78, 5) is 0. The Morgan fingerprint density at radius 2 is 1.79 bits per heavy atom. The monoisotopic (exact) mass is 199 g/mol. The van der Waals surface area contributed by atoms with Gasteiger partial charge in [0.25, 0.3) is 0 Å². The zero-order valence-corrected chi connectivity index (χ0v) is 9.88. The molecule has 0 aromatic rings. The molecule has 0 aromatic heterocycles. The van der Waals surface area contributed by atoms with E-state index in [1.807, 2.05) is 0 Å². The van der Waals surface area contributed by atoms with Crippen LogP contribution in [0, 0.1) is 5.92 Å². The summed E-state index contributed by atoms with van der Waals surface area (Å²) in [6.45, 7) is 8.77. The Labute approximate surface area is 88.4 Å². The summed E-state index contributed by atoms with van der Waals surface area (Å²) in [6.07, 6.45) is 5.00. The number of hydrogen-bond acceptors (Lipinski definition) is 2. The van der Waals surface area contributed by atoms with E-state index in [0.717, 1.165) is 19.1 Å². The van der Waals surface area contributed by atoms with Crippen molar-refractivity contribution >= 4 is 0 Å². The molecule has 1 fully saturated rings. The van der Waals surface area contributed by atoms with Crippen molar-refractivity contribution in [2.24, 2.45) is 5.92 Å². The van der Waals surface area contributed by atoms with Gasteiger partial charge >= 0.3 is 0 Å². The minimum atomic E-state index is 0.667. The van der Waals surface area contributed by atoms with Crippen LogP contribution in [0.5, 0.6) is 0 Å². The molecule has 0 saturated carbocycles. The van der Waals surface area contributed by atoms with Gasteiger partial charge in [-0.05, 0) is 38.5 Å². The number of hydrogen-bond donors (Lipinski definition) is 1. The maximum atomic E-state index is 5.34. The van der Waals surface area contributed by atoms with Gasteiger partial charge in [0.1, 0.15) is 0 Å². The summed E-state index contributed by atoms with van der Waals surface area (Å²) >= 11 is 0. The van der Waals surface area contributed by atoms with Crippen molar-refractivity contribution in [1.82, 2.24) is 5.32 Å². The SMILES string of the molecule is CC(C)CCC(C)NC1CCOCC1. The van der Waals surface area contributed by atoms with Gasteiger partial charge in [-0.15, -0.1) is 0 Å². The van der Waals surface area contributed by atoms with E-state index in [1.165, 1.54) is 25.7 Å². The van der Waals surface area contributed by atoms with Crippen LogP contribution in [0.1, 0.15) is 46.5 Å². The highest BCUT2D eigenvalue weighted by Gasteiger charge is 2.15. The molecule has 2 heteroatoms. The van der Waals surface area contributed by atoms with Crippen LogP contribution in [-0.4, -0.2) is 25.3 Å². The van der Waals surface area contributed by atoms with Gasteiger partial charge in [-0.3, -0.25) is 0 Å². The van der Waals surface area contributed by atoms with Crippen molar-refractivity contribution in [2.45, 2.75) is 58.5 Å². The van der Waals surface area contributed by atoms with E-state index in [9.17, 15) is 0 Å². The molecule has 84 valence electrons. The molecule has 14 heavy (non-hydrogen) atoms. The molecule has 1 rings (SSSR count). The smallest absolute Gasteiger partial charge is 0.0480 e. The molecule has 1 atom stereocenters. The largest absolute Gasteiger partial charge is 0.381 e. The van der Waals surface area contributed by atoms with E-state index >= 15 is 0 Å². The minimum Gasteiger partial charge on any atom is -0.381 e. The van der Waals surface area contributed by atoms with Gasteiger partial charge in [0, 0.05) is 25.3 Å². The quantitative estimate of drug-likeness (QED) is 0.735. The van der Waals surface area contributed by atoms with Gasteiger partial charge < -0.3 is 10.1 Å². The van der Waals surface area contributed by atoms with Crippen LogP contribution in [0.3, 0.4) is 0 Å². The Bertz CT molecular complexity index is 141. The lowest BCUT2D eigenvalue weighted by atomic mass is 10.0. The average molecular weight is 199 g/mol. The molecule has 0 bridgehead atoms. The highest BCUT2D eigenvalue weighted by atomic mass is 16.5. The van der Waals surface area contributed by atoms with Crippen molar-refractivity contribution in [3.63, 3.8) is 0 Å². The standard InChI is InChI=1S/C12H25NO/c1-10(2)4-5-11(3)13-12-6-8-14-9-7-12/h10-13H,4-9H2,1-3H3. The lowest BCUT2D eigenvalue weighted by Crippen LogP contribution is -2.40. The van der Waals surface area contributed by atoms with Gasteiger partial charge in [0.2, 0.25) is 0 Å². The van der Waals surface area contributed by atoms with Crippen LogP contribution < -0.4 is 5.32 Å². The first kappa shape index (κ1) is 12.0. The summed E-state index contributed by atoms with van der Waals surface area (Å²) in [6, 6.07) is 1.37. The van der Waals surface area contributed by atoms with Gasteiger partial charge in [-0.1, -0.05) is 13.8 Å². The number of rotatable bonds is 5. The average Bonchev–Trinajstić information content (AvgIpc) is 2.16. The highest BCUT2D eigenvalue weighted by molar-refractivity contribution is 4.74. The molecular formula is C12H25NO. The zero-order chi connectivity index (χ0) is 10.4. The Morgan fingerprint density at radius 1 is 1.14 bits per heavy atom. The van der Waals surface area contributed by atoms with E-state index in [4.69, 9.17) is 4.74 Å². The second-order valence-electron chi connectivity index (χ2n) is 4.93. The first-order valence-corrected chi connectivity index (χ1v) is 6.02. The van der Waals surface area contributed by atoms with Gasteiger partial charge in [0.05, 0.1) is 0 Å². The Kier molecular flexibility index (Phi) is 5.49. The Morgan fingerprint density at radius 3 is 2.36 bits per heavy atom. The number of nitrogens with one attached hydrogen (secondary N) is 1. The topological polar surface area (TPSA) is 21.3 Å². The molecule has 1 heterocycles. The predicted octanol–water partition coefficient (Wildman–Crippen LogP) is 2.58. The Hall–Kier alpha value is -0.0800. The molecular weight excluding hydrogens is 174 g/mol. The predicted molar refractivity (Wildman–Crippen MR) is 60.5 cm³/mol. The third-order valence-electron chi connectivity index (χ3n) is 2.92. The third kappa shape index (κ3) is 4.97.